The molecule has 0 radical (unpaired) electrons. The molecule has 0 saturated heterocycles. The van der Waals surface area contributed by atoms with E-state index in [-0.39, 0.29) is 11.9 Å². The van der Waals surface area contributed by atoms with Gasteiger partial charge in [-0.3, -0.25) is 0 Å². The largest absolute Gasteiger partial charge is 0.382 e. The molecule has 90 valence electrons. The molecule has 1 N–H and O–H groups in total. The maximum absolute atomic E-state index is 13.5. The summed E-state index contributed by atoms with van der Waals surface area (Å²) in [6, 6.07) is 6.98. The van der Waals surface area contributed by atoms with E-state index in [2.05, 4.69) is 5.32 Å². The van der Waals surface area contributed by atoms with E-state index in [1.807, 2.05) is 26.1 Å². The van der Waals surface area contributed by atoms with Crippen LogP contribution in [-0.2, 0) is 4.74 Å². The van der Waals surface area contributed by atoms with E-state index in [1.54, 1.807) is 6.07 Å². The first-order valence-electron chi connectivity index (χ1n) is 5.79. The summed E-state index contributed by atoms with van der Waals surface area (Å²) in [7, 11) is 1.86. The lowest BCUT2D eigenvalue weighted by Crippen LogP contribution is -2.18. The Bertz CT molecular complexity index is 304. The fraction of sp³-hybridized carbons (Fsp3) is 0.538. The van der Waals surface area contributed by atoms with Crippen LogP contribution in [0.3, 0.4) is 0 Å². The van der Waals surface area contributed by atoms with Gasteiger partial charge in [-0.2, -0.15) is 0 Å². The van der Waals surface area contributed by atoms with Gasteiger partial charge in [0.1, 0.15) is 5.82 Å². The molecule has 0 aliphatic carbocycles. The normalized spacial score (nSPS) is 12.7. The third-order valence-electron chi connectivity index (χ3n) is 2.61. The number of ether oxygens (including phenoxy) is 1. The summed E-state index contributed by atoms with van der Waals surface area (Å²) in [4.78, 5) is 0. The number of halogens is 1. The highest BCUT2D eigenvalue weighted by molar-refractivity contribution is 5.20. The van der Waals surface area contributed by atoms with Crippen LogP contribution < -0.4 is 5.32 Å². The Labute approximate surface area is 96.8 Å². The van der Waals surface area contributed by atoms with Gasteiger partial charge >= 0.3 is 0 Å². The predicted molar refractivity (Wildman–Crippen MR) is 63.9 cm³/mol. The maximum atomic E-state index is 13.5. The third kappa shape index (κ3) is 3.91. The van der Waals surface area contributed by atoms with Crippen molar-refractivity contribution in [2.24, 2.45) is 0 Å². The van der Waals surface area contributed by atoms with Crippen molar-refractivity contribution < 1.29 is 9.13 Å². The van der Waals surface area contributed by atoms with Crippen LogP contribution in [0.1, 0.15) is 31.4 Å². The molecule has 0 amide bonds. The number of nitrogens with one attached hydrogen (secondary N) is 1. The highest BCUT2D eigenvalue weighted by Crippen LogP contribution is 2.20. The van der Waals surface area contributed by atoms with Crippen molar-refractivity contribution in [3.8, 4) is 0 Å². The zero-order valence-electron chi connectivity index (χ0n) is 10.0. The highest BCUT2D eigenvalue weighted by atomic mass is 19.1. The van der Waals surface area contributed by atoms with E-state index in [0.717, 1.165) is 31.6 Å². The minimum Gasteiger partial charge on any atom is -0.382 e. The smallest absolute Gasteiger partial charge is 0.127 e. The first-order chi connectivity index (χ1) is 7.79. The molecule has 0 aliphatic heterocycles. The molecule has 1 rings (SSSR count). The average molecular weight is 225 g/mol. The van der Waals surface area contributed by atoms with E-state index < -0.39 is 0 Å². The van der Waals surface area contributed by atoms with Crippen molar-refractivity contribution in [1.82, 2.24) is 5.32 Å². The summed E-state index contributed by atoms with van der Waals surface area (Å²) in [5, 5.41) is 3.14. The van der Waals surface area contributed by atoms with Crippen LogP contribution in [0.4, 0.5) is 4.39 Å². The van der Waals surface area contributed by atoms with Crippen molar-refractivity contribution in [1.29, 1.82) is 0 Å². The number of hydrogen-bond donors (Lipinski definition) is 1. The fourth-order valence-corrected chi connectivity index (χ4v) is 1.75. The van der Waals surface area contributed by atoms with Crippen LogP contribution in [0.5, 0.6) is 0 Å². The molecule has 0 fully saturated rings. The van der Waals surface area contributed by atoms with E-state index >= 15 is 0 Å². The molecule has 0 bridgehead atoms. The molecule has 16 heavy (non-hydrogen) atoms. The van der Waals surface area contributed by atoms with Crippen molar-refractivity contribution >= 4 is 0 Å². The fourth-order valence-electron chi connectivity index (χ4n) is 1.75. The summed E-state index contributed by atoms with van der Waals surface area (Å²) in [5.74, 6) is -0.141. The lowest BCUT2D eigenvalue weighted by Gasteiger charge is -2.17. The first kappa shape index (κ1) is 13.1. The van der Waals surface area contributed by atoms with Crippen LogP contribution in [0, 0.1) is 5.82 Å². The Kier molecular flexibility index (Phi) is 6.04. The first-order valence-corrected chi connectivity index (χ1v) is 5.79. The Hall–Kier alpha value is -0.930. The van der Waals surface area contributed by atoms with Gasteiger partial charge in [0.05, 0.1) is 0 Å². The summed E-state index contributed by atoms with van der Waals surface area (Å²) < 4.78 is 18.8. The van der Waals surface area contributed by atoms with Gasteiger partial charge in [-0.1, -0.05) is 18.2 Å². The Morgan fingerprint density at radius 2 is 2.12 bits per heavy atom. The van der Waals surface area contributed by atoms with Crippen LogP contribution in [0.2, 0.25) is 0 Å². The zero-order valence-corrected chi connectivity index (χ0v) is 10.0. The number of rotatable bonds is 7. The van der Waals surface area contributed by atoms with Gasteiger partial charge in [-0.25, -0.2) is 4.39 Å². The Balaban J connectivity index is 2.51. The van der Waals surface area contributed by atoms with Gasteiger partial charge in [-0.05, 0) is 32.9 Å². The van der Waals surface area contributed by atoms with Gasteiger partial charge in [0, 0.05) is 24.8 Å². The topological polar surface area (TPSA) is 21.3 Å². The quantitative estimate of drug-likeness (QED) is 0.720. The molecule has 1 unspecified atom stereocenters. The molecule has 1 aromatic carbocycles. The lowest BCUT2D eigenvalue weighted by atomic mass is 10.0. The van der Waals surface area contributed by atoms with Crippen molar-refractivity contribution in [3.05, 3.63) is 35.6 Å². The molecule has 1 atom stereocenters. The molecule has 0 aliphatic rings. The molecule has 0 spiro atoms. The molecule has 0 saturated carbocycles. The van der Waals surface area contributed by atoms with E-state index in [9.17, 15) is 4.39 Å². The summed E-state index contributed by atoms with van der Waals surface area (Å²) in [6.07, 6.45) is 1.82. The van der Waals surface area contributed by atoms with Gasteiger partial charge in [0.2, 0.25) is 0 Å². The zero-order chi connectivity index (χ0) is 11.8. The van der Waals surface area contributed by atoms with Gasteiger partial charge < -0.3 is 10.1 Å². The predicted octanol–water partition coefficient (Wildman–Crippen LogP) is 2.90. The van der Waals surface area contributed by atoms with Crippen molar-refractivity contribution in [2.75, 3.05) is 20.3 Å². The maximum Gasteiger partial charge on any atom is 0.127 e. The second-order valence-corrected chi connectivity index (χ2v) is 3.70. The molecular formula is C13H20FNO. The third-order valence-corrected chi connectivity index (χ3v) is 2.61. The van der Waals surface area contributed by atoms with E-state index in [1.165, 1.54) is 6.07 Å². The number of benzene rings is 1. The SMILES string of the molecule is CCOCCCC(NC)c1ccccc1F. The summed E-state index contributed by atoms with van der Waals surface area (Å²) in [5.41, 5.74) is 0.737. The Morgan fingerprint density at radius 1 is 1.38 bits per heavy atom. The summed E-state index contributed by atoms with van der Waals surface area (Å²) in [6.45, 7) is 3.46. The monoisotopic (exact) mass is 225 g/mol. The molecular weight excluding hydrogens is 205 g/mol. The van der Waals surface area contributed by atoms with Crippen molar-refractivity contribution in [2.45, 2.75) is 25.8 Å². The lowest BCUT2D eigenvalue weighted by molar-refractivity contribution is 0.141. The standard InChI is InChI=1S/C13H20FNO/c1-3-16-10-6-9-13(15-2)11-7-4-5-8-12(11)14/h4-5,7-8,13,15H,3,6,9-10H2,1-2H3. The van der Waals surface area contributed by atoms with Gasteiger partial charge in [-0.15, -0.1) is 0 Å². The van der Waals surface area contributed by atoms with Crippen LogP contribution in [0.25, 0.3) is 0 Å². The molecule has 0 heterocycles. The molecule has 2 nitrogen and oxygen atoms in total. The minimum atomic E-state index is -0.141. The second kappa shape index (κ2) is 7.36. The molecule has 0 aromatic heterocycles. The minimum absolute atomic E-state index is 0.0710. The van der Waals surface area contributed by atoms with Gasteiger partial charge in [0.25, 0.3) is 0 Å². The average Bonchev–Trinajstić information content (AvgIpc) is 2.31. The van der Waals surface area contributed by atoms with Crippen molar-refractivity contribution in [3.63, 3.8) is 0 Å². The highest BCUT2D eigenvalue weighted by Gasteiger charge is 2.12. The molecule has 3 heteroatoms. The van der Waals surface area contributed by atoms with E-state index in [0.29, 0.717) is 0 Å². The van der Waals surface area contributed by atoms with E-state index in [4.69, 9.17) is 4.74 Å². The summed E-state index contributed by atoms with van der Waals surface area (Å²) >= 11 is 0. The van der Waals surface area contributed by atoms with Crippen LogP contribution in [0.15, 0.2) is 24.3 Å². The number of hydrogen-bond acceptors (Lipinski definition) is 2. The van der Waals surface area contributed by atoms with Crippen LogP contribution in [-0.4, -0.2) is 20.3 Å². The van der Waals surface area contributed by atoms with Crippen LogP contribution >= 0.6 is 0 Å². The van der Waals surface area contributed by atoms with Gasteiger partial charge in [0.15, 0.2) is 0 Å². The molecule has 1 aromatic rings. The second-order valence-electron chi connectivity index (χ2n) is 3.70. The Morgan fingerprint density at radius 3 is 2.75 bits per heavy atom.